The van der Waals surface area contributed by atoms with Crippen LogP contribution in [-0.4, -0.2) is 23.9 Å². The Morgan fingerprint density at radius 1 is 1.35 bits per heavy atom. The molecule has 2 nitrogen and oxygen atoms in total. The number of benzene rings is 1. The van der Waals surface area contributed by atoms with Gasteiger partial charge in [0.25, 0.3) is 0 Å². The highest BCUT2D eigenvalue weighted by Crippen LogP contribution is 2.26. The fraction of sp³-hybridized carbons (Fsp3) is 0.600. The number of aryl methyl sites for hydroxylation is 2. The molecule has 17 heavy (non-hydrogen) atoms. The van der Waals surface area contributed by atoms with Gasteiger partial charge in [0.15, 0.2) is 0 Å². The zero-order chi connectivity index (χ0) is 12.4. The Labute approximate surface area is 104 Å². The summed E-state index contributed by atoms with van der Waals surface area (Å²) in [5.74, 6) is 0.295. The first-order chi connectivity index (χ1) is 8.08. The molecule has 0 amide bonds. The van der Waals surface area contributed by atoms with Crippen LogP contribution in [-0.2, 0) is 11.2 Å². The van der Waals surface area contributed by atoms with Crippen LogP contribution in [0.4, 0.5) is 0 Å². The largest absolute Gasteiger partial charge is 0.392 e. The molecule has 0 aliphatic carbocycles. The average Bonchev–Trinajstić information content (AvgIpc) is 2.70. The van der Waals surface area contributed by atoms with Crippen molar-refractivity contribution in [2.45, 2.75) is 45.8 Å². The summed E-state index contributed by atoms with van der Waals surface area (Å²) in [6.45, 7) is 7.00. The van der Waals surface area contributed by atoms with Crippen molar-refractivity contribution in [2.24, 2.45) is 5.92 Å². The molecule has 0 spiro atoms. The van der Waals surface area contributed by atoms with E-state index in [1.807, 2.05) is 0 Å². The second-order valence-corrected chi connectivity index (χ2v) is 5.28. The first kappa shape index (κ1) is 12.6. The highest BCUT2D eigenvalue weighted by Gasteiger charge is 2.28. The minimum Gasteiger partial charge on any atom is -0.392 e. The van der Waals surface area contributed by atoms with Gasteiger partial charge in [-0.3, -0.25) is 0 Å². The smallest absolute Gasteiger partial charge is 0.0631 e. The van der Waals surface area contributed by atoms with E-state index < -0.39 is 0 Å². The van der Waals surface area contributed by atoms with Gasteiger partial charge >= 0.3 is 0 Å². The summed E-state index contributed by atoms with van der Waals surface area (Å²) in [7, 11) is 0. The summed E-state index contributed by atoms with van der Waals surface area (Å²) < 4.78 is 5.52. The monoisotopic (exact) mass is 234 g/mol. The first-order valence-corrected chi connectivity index (χ1v) is 6.42. The molecule has 2 rings (SSSR count). The van der Waals surface area contributed by atoms with Crippen molar-refractivity contribution in [3.8, 4) is 0 Å². The SMILES string of the molecule is Cc1cccc(C)c1CC(O)C1COC(C)C1. The van der Waals surface area contributed by atoms with E-state index in [0.717, 1.165) is 12.8 Å². The Bertz CT molecular complexity index is 366. The van der Waals surface area contributed by atoms with Gasteiger partial charge in [-0.15, -0.1) is 0 Å². The minimum absolute atomic E-state index is 0.278. The predicted molar refractivity (Wildman–Crippen MR) is 69.1 cm³/mol. The molecule has 1 saturated heterocycles. The van der Waals surface area contributed by atoms with Gasteiger partial charge in [0, 0.05) is 5.92 Å². The van der Waals surface area contributed by atoms with Crippen LogP contribution in [0.3, 0.4) is 0 Å². The fourth-order valence-corrected chi connectivity index (χ4v) is 2.67. The molecule has 1 fully saturated rings. The van der Waals surface area contributed by atoms with Gasteiger partial charge in [0.1, 0.15) is 0 Å². The maximum atomic E-state index is 10.3. The molecule has 0 radical (unpaired) electrons. The van der Waals surface area contributed by atoms with E-state index in [4.69, 9.17) is 4.74 Å². The summed E-state index contributed by atoms with van der Waals surface area (Å²) in [5, 5.41) is 10.3. The lowest BCUT2D eigenvalue weighted by molar-refractivity contribution is 0.0805. The van der Waals surface area contributed by atoms with Crippen LogP contribution >= 0.6 is 0 Å². The predicted octanol–water partition coefficient (Wildman–Crippen LogP) is 2.63. The summed E-state index contributed by atoms with van der Waals surface area (Å²) in [4.78, 5) is 0. The van der Waals surface area contributed by atoms with Crippen molar-refractivity contribution < 1.29 is 9.84 Å². The number of hydrogen-bond acceptors (Lipinski definition) is 2. The molecule has 1 aliphatic heterocycles. The van der Waals surface area contributed by atoms with Crippen LogP contribution in [0, 0.1) is 19.8 Å². The third-order valence-corrected chi connectivity index (χ3v) is 3.83. The molecular formula is C15H22O2. The van der Waals surface area contributed by atoms with Crippen LogP contribution in [0.5, 0.6) is 0 Å². The van der Waals surface area contributed by atoms with Gasteiger partial charge in [-0.05, 0) is 50.3 Å². The number of rotatable bonds is 3. The lowest BCUT2D eigenvalue weighted by Crippen LogP contribution is -2.24. The quantitative estimate of drug-likeness (QED) is 0.871. The number of ether oxygens (including phenoxy) is 1. The highest BCUT2D eigenvalue weighted by molar-refractivity contribution is 5.34. The van der Waals surface area contributed by atoms with E-state index in [2.05, 4.69) is 39.0 Å². The van der Waals surface area contributed by atoms with Crippen LogP contribution in [0.1, 0.15) is 30.0 Å². The number of aliphatic hydroxyl groups excluding tert-OH is 1. The molecule has 1 heterocycles. The molecule has 1 aliphatic rings. The van der Waals surface area contributed by atoms with Gasteiger partial charge in [0.05, 0.1) is 18.8 Å². The summed E-state index contributed by atoms with van der Waals surface area (Å²) in [5.41, 5.74) is 3.84. The summed E-state index contributed by atoms with van der Waals surface area (Å²) in [6.07, 6.45) is 1.75. The molecule has 0 bridgehead atoms. The standard InChI is InChI=1S/C15H22O2/c1-10-5-4-6-11(2)14(10)8-15(16)13-7-12(3)17-9-13/h4-6,12-13,15-16H,7-9H2,1-3H3. The van der Waals surface area contributed by atoms with Gasteiger partial charge < -0.3 is 9.84 Å². The molecule has 0 saturated carbocycles. The lowest BCUT2D eigenvalue weighted by Gasteiger charge is -2.19. The molecule has 1 aromatic carbocycles. The molecule has 1 aromatic rings. The maximum absolute atomic E-state index is 10.3. The molecule has 3 atom stereocenters. The Morgan fingerprint density at radius 2 is 2.00 bits per heavy atom. The average molecular weight is 234 g/mol. The maximum Gasteiger partial charge on any atom is 0.0631 e. The van der Waals surface area contributed by atoms with E-state index in [1.54, 1.807) is 0 Å². The van der Waals surface area contributed by atoms with Crippen molar-refractivity contribution in [3.63, 3.8) is 0 Å². The molecular weight excluding hydrogens is 212 g/mol. The van der Waals surface area contributed by atoms with Gasteiger partial charge in [0.2, 0.25) is 0 Å². The first-order valence-electron chi connectivity index (χ1n) is 6.42. The Balaban J connectivity index is 2.05. The summed E-state index contributed by atoms with van der Waals surface area (Å²) >= 11 is 0. The second kappa shape index (κ2) is 5.19. The highest BCUT2D eigenvalue weighted by atomic mass is 16.5. The van der Waals surface area contributed by atoms with E-state index in [-0.39, 0.29) is 6.10 Å². The summed E-state index contributed by atoms with van der Waals surface area (Å²) in [6, 6.07) is 6.30. The molecule has 1 N–H and O–H groups in total. The van der Waals surface area contributed by atoms with Crippen LogP contribution in [0.25, 0.3) is 0 Å². The zero-order valence-electron chi connectivity index (χ0n) is 10.9. The van der Waals surface area contributed by atoms with Gasteiger partial charge in [-0.2, -0.15) is 0 Å². The van der Waals surface area contributed by atoms with Gasteiger partial charge in [-0.1, -0.05) is 18.2 Å². The van der Waals surface area contributed by atoms with Crippen LogP contribution in [0.15, 0.2) is 18.2 Å². The van der Waals surface area contributed by atoms with Crippen molar-refractivity contribution in [1.29, 1.82) is 0 Å². The van der Waals surface area contributed by atoms with E-state index in [0.29, 0.717) is 18.6 Å². The van der Waals surface area contributed by atoms with Crippen molar-refractivity contribution >= 4 is 0 Å². The lowest BCUT2D eigenvalue weighted by atomic mass is 9.90. The van der Waals surface area contributed by atoms with Gasteiger partial charge in [-0.25, -0.2) is 0 Å². The van der Waals surface area contributed by atoms with E-state index >= 15 is 0 Å². The molecule has 3 unspecified atom stereocenters. The molecule has 2 heteroatoms. The van der Waals surface area contributed by atoms with Crippen molar-refractivity contribution in [3.05, 3.63) is 34.9 Å². The zero-order valence-corrected chi connectivity index (χ0v) is 10.9. The van der Waals surface area contributed by atoms with Crippen LogP contribution < -0.4 is 0 Å². The topological polar surface area (TPSA) is 29.5 Å². The van der Waals surface area contributed by atoms with Crippen LogP contribution in [0.2, 0.25) is 0 Å². The normalized spacial score (nSPS) is 26.1. The minimum atomic E-state index is -0.278. The third-order valence-electron chi connectivity index (χ3n) is 3.83. The fourth-order valence-electron chi connectivity index (χ4n) is 2.67. The van der Waals surface area contributed by atoms with Crippen molar-refractivity contribution in [1.82, 2.24) is 0 Å². The number of hydrogen-bond donors (Lipinski definition) is 1. The Morgan fingerprint density at radius 3 is 2.53 bits per heavy atom. The Kier molecular flexibility index (Phi) is 3.85. The Hall–Kier alpha value is -0.860. The third kappa shape index (κ3) is 2.88. The van der Waals surface area contributed by atoms with Crippen molar-refractivity contribution in [2.75, 3.05) is 6.61 Å². The molecule has 0 aromatic heterocycles. The molecule has 94 valence electrons. The van der Waals surface area contributed by atoms with E-state index in [9.17, 15) is 5.11 Å². The number of aliphatic hydroxyl groups is 1. The van der Waals surface area contributed by atoms with E-state index in [1.165, 1.54) is 16.7 Å². The second-order valence-electron chi connectivity index (χ2n) is 5.28.